The molecule has 0 aliphatic carbocycles. The van der Waals surface area contributed by atoms with Crippen LogP contribution in [0.15, 0.2) is 29.3 Å². The lowest BCUT2D eigenvalue weighted by molar-refractivity contribution is -0.122. The van der Waals surface area contributed by atoms with E-state index in [1.54, 1.807) is 12.4 Å². The monoisotopic (exact) mass is 328 g/mol. The molecule has 0 atom stereocenters. The van der Waals surface area contributed by atoms with E-state index in [2.05, 4.69) is 22.2 Å². The standard InChI is InChI=1S/C18H24N4O2/c1-13-4-3-5-15-17(13)19-12-22(18(15)24)11-8-16(23)20-14-6-9-21(2)10-7-14/h3-5,12,14H,6-11H2,1-2H3,(H,20,23). The van der Waals surface area contributed by atoms with Crippen molar-refractivity contribution in [1.29, 1.82) is 0 Å². The van der Waals surface area contributed by atoms with Crippen LogP contribution in [-0.4, -0.2) is 46.5 Å². The van der Waals surface area contributed by atoms with E-state index in [1.165, 1.54) is 4.57 Å². The number of likely N-dealkylation sites (tertiary alicyclic amines) is 1. The fourth-order valence-electron chi connectivity index (χ4n) is 3.17. The van der Waals surface area contributed by atoms with Gasteiger partial charge in [0.1, 0.15) is 0 Å². The number of nitrogens with one attached hydrogen (secondary N) is 1. The van der Waals surface area contributed by atoms with Gasteiger partial charge in [-0.05, 0) is 51.5 Å². The van der Waals surface area contributed by atoms with Crippen molar-refractivity contribution in [3.05, 3.63) is 40.4 Å². The van der Waals surface area contributed by atoms with E-state index >= 15 is 0 Å². The van der Waals surface area contributed by atoms with E-state index in [-0.39, 0.29) is 17.5 Å². The van der Waals surface area contributed by atoms with Crippen LogP contribution in [0.2, 0.25) is 0 Å². The van der Waals surface area contributed by atoms with Crippen LogP contribution in [0.4, 0.5) is 0 Å². The molecular weight excluding hydrogens is 304 g/mol. The summed E-state index contributed by atoms with van der Waals surface area (Å²) in [4.78, 5) is 31.3. The molecule has 1 fully saturated rings. The topological polar surface area (TPSA) is 67.2 Å². The van der Waals surface area contributed by atoms with Gasteiger partial charge in [-0.15, -0.1) is 0 Å². The molecule has 0 spiro atoms. The van der Waals surface area contributed by atoms with E-state index < -0.39 is 0 Å². The SMILES string of the molecule is Cc1cccc2c(=O)n(CCC(=O)NC3CCN(C)CC3)cnc12. The third kappa shape index (κ3) is 3.64. The van der Waals surface area contributed by atoms with Crippen molar-refractivity contribution in [1.82, 2.24) is 19.8 Å². The third-order valence-electron chi connectivity index (χ3n) is 4.72. The number of carbonyl (C=O) groups excluding carboxylic acids is 1. The summed E-state index contributed by atoms with van der Waals surface area (Å²) < 4.78 is 1.52. The number of rotatable bonds is 4. The Hall–Kier alpha value is -2.21. The van der Waals surface area contributed by atoms with Gasteiger partial charge >= 0.3 is 0 Å². The minimum absolute atomic E-state index is 0.000734. The molecule has 2 aromatic rings. The summed E-state index contributed by atoms with van der Waals surface area (Å²) in [5.74, 6) is 0.000734. The second kappa shape index (κ2) is 7.13. The van der Waals surface area contributed by atoms with Crippen LogP contribution >= 0.6 is 0 Å². The number of hydrogen-bond acceptors (Lipinski definition) is 4. The lowest BCUT2D eigenvalue weighted by atomic mass is 10.1. The number of nitrogens with zero attached hydrogens (tertiary/aromatic N) is 3. The summed E-state index contributed by atoms with van der Waals surface area (Å²) in [5.41, 5.74) is 1.63. The first-order chi connectivity index (χ1) is 11.5. The minimum Gasteiger partial charge on any atom is -0.353 e. The van der Waals surface area contributed by atoms with Crippen molar-refractivity contribution >= 4 is 16.8 Å². The van der Waals surface area contributed by atoms with E-state index in [0.717, 1.165) is 37.0 Å². The highest BCUT2D eigenvalue weighted by molar-refractivity contribution is 5.80. The zero-order valence-electron chi connectivity index (χ0n) is 14.3. The maximum atomic E-state index is 12.5. The van der Waals surface area contributed by atoms with Crippen LogP contribution in [0.5, 0.6) is 0 Å². The second-order valence-electron chi connectivity index (χ2n) is 6.61. The molecule has 0 bridgehead atoms. The Balaban J connectivity index is 1.62. The normalized spacial score (nSPS) is 16.4. The Kier molecular flexibility index (Phi) is 4.94. The highest BCUT2D eigenvalue weighted by Gasteiger charge is 2.18. The molecule has 0 saturated carbocycles. The largest absolute Gasteiger partial charge is 0.353 e. The number of amides is 1. The van der Waals surface area contributed by atoms with E-state index in [0.29, 0.717) is 18.4 Å². The highest BCUT2D eigenvalue weighted by atomic mass is 16.2. The van der Waals surface area contributed by atoms with Crippen LogP contribution in [0, 0.1) is 6.92 Å². The smallest absolute Gasteiger partial charge is 0.261 e. The Morgan fingerprint density at radius 1 is 1.33 bits per heavy atom. The predicted octanol–water partition coefficient (Wildman–Crippen LogP) is 1.31. The van der Waals surface area contributed by atoms with Crippen LogP contribution < -0.4 is 10.9 Å². The Morgan fingerprint density at radius 2 is 2.08 bits per heavy atom. The Morgan fingerprint density at radius 3 is 2.83 bits per heavy atom. The first kappa shape index (κ1) is 16.6. The van der Waals surface area contributed by atoms with Crippen molar-refractivity contribution in [2.75, 3.05) is 20.1 Å². The Bertz CT molecular complexity index is 791. The first-order valence-corrected chi connectivity index (χ1v) is 8.47. The van der Waals surface area contributed by atoms with Crippen molar-refractivity contribution < 1.29 is 4.79 Å². The molecule has 6 nitrogen and oxygen atoms in total. The van der Waals surface area contributed by atoms with Crippen LogP contribution in [0.25, 0.3) is 10.9 Å². The molecule has 1 saturated heterocycles. The summed E-state index contributed by atoms with van der Waals surface area (Å²) in [6.45, 7) is 4.32. The molecule has 1 aromatic carbocycles. The van der Waals surface area contributed by atoms with Crippen LogP contribution in [0.3, 0.4) is 0 Å². The summed E-state index contributed by atoms with van der Waals surface area (Å²) in [5, 5.41) is 3.68. The second-order valence-corrected chi connectivity index (χ2v) is 6.61. The zero-order valence-corrected chi connectivity index (χ0v) is 14.3. The number of piperidine rings is 1. The molecule has 1 aromatic heterocycles. The molecule has 128 valence electrons. The third-order valence-corrected chi connectivity index (χ3v) is 4.72. The molecule has 24 heavy (non-hydrogen) atoms. The summed E-state index contributed by atoms with van der Waals surface area (Å²) in [7, 11) is 2.10. The van der Waals surface area contributed by atoms with Gasteiger partial charge in [0.2, 0.25) is 5.91 Å². The number of carbonyl (C=O) groups is 1. The van der Waals surface area contributed by atoms with Gasteiger partial charge in [0, 0.05) is 19.0 Å². The quantitative estimate of drug-likeness (QED) is 0.919. The highest BCUT2D eigenvalue weighted by Crippen LogP contribution is 2.11. The summed E-state index contributed by atoms with van der Waals surface area (Å²) in [6, 6.07) is 5.83. The first-order valence-electron chi connectivity index (χ1n) is 8.47. The van der Waals surface area contributed by atoms with Gasteiger partial charge in [-0.3, -0.25) is 14.2 Å². The molecule has 0 unspecified atom stereocenters. The van der Waals surface area contributed by atoms with E-state index in [4.69, 9.17) is 0 Å². The predicted molar refractivity (Wildman–Crippen MR) is 94.0 cm³/mol. The lowest BCUT2D eigenvalue weighted by Crippen LogP contribution is -2.43. The average Bonchev–Trinajstić information content (AvgIpc) is 2.57. The number of hydrogen-bond donors (Lipinski definition) is 1. The number of aromatic nitrogens is 2. The lowest BCUT2D eigenvalue weighted by Gasteiger charge is -2.29. The molecule has 1 amide bonds. The van der Waals surface area contributed by atoms with Gasteiger partial charge in [-0.2, -0.15) is 0 Å². The molecule has 2 heterocycles. The van der Waals surface area contributed by atoms with E-state index in [1.807, 2.05) is 19.1 Å². The number of benzene rings is 1. The molecule has 1 aliphatic heterocycles. The summed E-state index contributed by atoms with van der Waals surface area (Å²) in [6.07, 6.45) is 3.81. The molecule has 1 aliphatic rings. The fraction of sp³-hybridized carbons (Fsp3) is 0.500. The van der Waals surface area contributed by atoms with Crippen molar-refractivity contribution in [2.24, 2.45) is 0 Å². The van der Waals surface area contributed by atoms with Gasteiger partial charge in [-0.1, -0.05) is 12.1 Å². The van der Waals surface area contributed by atoms with Gasteiger partial charge in [0.25, 0.3) is 5.56 Å². The molecule has 3 rings (SSSR count). The van der Waals surface area contributed by atoms with Crippen LogP contribution in [0.1, 0.15) is 24.8 Å². The number of para-hydroxylation sites is 1. The van der Waals surface area contributed by atoms with Crippen molar-refractivity contribution in [2.45, 2.75) is 38.8 Å². The summed E-state index contributed by atoms with van der Waals surface area (Å²) >= 11 is 0. The maximum absolute atomic E-state index is 12.5. The van der Waals surface area contributed by atoms with Gasteiger partial charge < -0.3 is 10.2 Å². The van der Waals surface area contributed by atoms with Gasteiger partial charge in [0.05, 0.1) is 17.2 Å². The minimum atomic E-state index is -0.0872. The number of fused-ring (bicyclic) bond motifs is 1. The van der Waals surface area contributed by atoms with Crippen molar-refractivity contribution in [3.8, 4) is 0 Å². The van der Waals surface area contributed by atoms with E-state index in [9.17, 15) is 9.59 Å². The van der Waals surface area contributed by atoms with Crippen LogP contribution in [-0.2, 0) is 11.3 Å². The molecule has 0 radical (unpaired) electrons. The Labute approximate surface area is 141 Å². The zero-order chi connectivity index (χ0) is 17.1. The maximum Gasteiger partial charge on any atom is 0.261 e. The average molecular weight is 328 g/mol. The van der Waals surface area contributed by atoms with Gasteiger partial charge in [0.15, 0.2) is 0 Å². The molecular formula is C18H24N4O2. The number of aryl methyl sites for hydroxylation is 2. The fourth-order valence-corrected chi connectivity index (χ4v) is 3.17. The molecule has 6 heteroatoms. The van der Waals surface area contributed by atoms with Gasteiger partial charge in [-0.25, -0.2) is 4.98 Å². The van der Waals surface area contributed by atoms with Crippen molar-refractivity contribution in [3.63, 3.8) is 0 Å². The molecule has 1 N–H and O–H groups in total.